The minimum atomic E-state index is 0.796. The molecule has 0 heterocycles. The molecular formula is C20H15N. The lowest BCUT2D eigenvalue weighted by Gasteiger charge is -2.12. The van der Waals surface area contributed by atoms with Crippen molar-refractivity contribution in [3.63, 3.8) is 0 Å². The maximum atomic E-state index is 5.98. The van der Waals surface area contributed by atoms with E-state index < -0.39 is 0 Å². The van der Waals surface area contributed by atoms with Gasteiger partial charge >= 0.3 is 0 Å². The van der Waals surface area contributed by atoms with Gasteiger partial charge in [0.2, 0.25) is 0 Å². The first-order valence-electron chi connectivity index (χ1n) is 7.09. The highest BCUT2D eigenvalue weighted by Gasteiger charge is 2.09. The van der Waals surface area contributed by atoms with Gasteiger partial charge in [0.05, 0.1) is 0 Å². The standard InChI is InChI=1S/C20H15N/c21-17-9-5-8-16(13-17)20-18-10-3-1-6-14(18)12-15-7-2-4-11-19(15)20/h1-13H,21H2. The van der Waals surface area contributed by atoms with Gasteiger partial charge in [-0.1, -0.05) is 60.7 Å². The molecule has 0 atom stereocenters. The summed E-state index contributed by atoms with van der Waals surface area (Å²) in [6.45, 7) is 0. The zero-order valence-corrected chi connectivity index (χ0v) is 11.6. The average molecular weight is 269 g/mol. The van der Waals surface area contributed by atoms with Gasteiger partial charge in [-0.3, -0.25) is 0 Å². The summed E-state index contributed by atoms with van der Waals surface area (Å²) in [5, 5.41) is 5.05. The number of hydrogen-bond donors (Lipinski definition) is 1. The molecule has 4 aromatic rings. The number of rotatable bonds is 1. The van der Waals surface area contributed by atoms with Crippen LogP contribution in [0.1, 0.15) is 0 Å². The second-order valence-electron chi connectivity index (χ2n) is 5.32. The highest BCUT2D eigenvalue weighted by Crippen LogP contribution is 2.36. The first-order valence-corrected chi connectivity index (χ1v) is 7.09. The van der Waals surface area contributed by atoms with Gasteiger partial charge in [-0.25, -0.2) is 0 Å². The monoisotopic (exact) mass is 269 g/mol. The number of anilines is 1. The molecule has 0 saturated heterocycles. The Balaban J connectivity index is 2.21. The van der Waals surface area contributed by atoms with E-state index in [-0.39, 0.29) is 0 Å². The van der Waals surface area contributed by atoms with E-state index in [1.807, 2.05) is 18.2 Å². The van der Waals surface area contributed by atoms with Crippen LogP contribution in [0.25, 0.3) is 32.7 Å². The molecule has 21 heavy (non-hydrogen) atoms. The molecule has 1 nitrogen and oxygen atoms in total. The van der Waals surface area contributed by atoms with Gasteiger partial charge in [-0.2, -0.15) is 0 Å². The van der Waals surface area contributed by atoms with Crippen molar-refractivity contribution in [2.24, 2.45) is 0 Å². The first kappa shape index (κ1) is 12.0. The van der Waals surface area contributed by atoms with Crippen LogP contribution in [0.15, 0.2) is 78.9 Å². The Bertz CT molecular complexity index is 900. The van der Waals surface area contributed by atoms with Crippen molar-refractivity contribution in [1.29, 1.82) is 0 Å². The number of benzene rings is 4. The smallest absolute Gasteiger partial charge is 0.0320 e. The normalized spacial score (nSPS) is 11.0. The van der Waals surface area contributed by atoms with Gasteiger partial charge in [0.15, 0.2) is 0 Å². The van der Waals surface area contributed by atoms with Crippen LogP contribution >= 0.6 is 0 Å². The molecule has 0 aliphatic heterocycles. The van der Waals surface area contributed by atoms with Gasteiger partial charge in [-0.05, 0) is 50.9 Å². The highest BCUT2D eigenvalue weighted by molar-refractivity contribution is 6.12. The Hall–Kier alpha value is -2.80. The molecule has 0 saturated carbocycles. The van der Waals surface area contributed by atoms with E-state index >= 15 is 0 Å². The molecule has 2 N–H and O–H groups in total. The minimum Gasteiger partial charge on any atom is -0.399 e. The van der Waals surface area contributed by atoms with Crippen LogP contribution in [-0.2, 0) is 0 Å². The largest absolute Gasteiger partial charge is 0.399 e. The minimum absolute atomic E-state index is 0.796. The second kappa shape index (κ2) is 4.64. The molecular weight excluding hydrogens is 254 g/mol. The molecule has 0 radical (unpaired) electrons. The Kier molecular flexibility index (Phi) is 2.65. The van der Waals surface area contributed by atoms with Crippen molar-refractivity contribution in [3.05, 3.63) is 78.9 Å². The first-order chi connectivity index (χ1) is 10.3. The van der Waals surface area contributed by atoms with E-state index in [1.165, 1.54) is 32.7 Å². The third-order valence-corrected chi connectivity index (χ3v) is 3.95. The van der Waals surface area contributed by atoms with Crippen molar-refractivity contribution in [2.45, 2.75) is 0 Å². The summed E-state index contributed by atoms with van der Waals surface area (Å²) >= 11 is 0. The van der Waals surface area contributed by atoms with Crippen LogP contribution in [0, 0.1) is 0 Å². The molecule has 0 amide bonds. The Labute approximate surface area is 123 Å². The summed E-state index contributed by atoms with van der Waals surface area (Å²) in [7, 11) is 0. The fourth-order valence-corrected chi connectivity index (χ4v) is 3.02. The summed E-state index contributed by atoms with van der Waals surface area (Å²) < 4.78 is 0. The maximum absolute atomic E-state index is 5.98. The number of nitrogens with two attached hydrogens (primary N) is 1. The maximum Gasteiger partial charge on any atom is 0.0320 e. The molecule has 4 rings (SSSR count). The summed E-state index contributed by atoms with van der Waals surface area (Å²) in [6, 6.07) is 27.4. The Morgan fingerprint density at radius 3 is 1.81 bits per heavy atom. The van der Waals surface area contributed by atoms with E-state index in [4.69, 9.17) is 5.73 Å². The van der Waals surface area contributed by atoms with Crippen molar-refractivity contribution in [3.8, 4) is 11.1 Å². The van der Waals surface area contributed by atoms with Crippen LogP contribution in [0.2, 0.25) is 0 Å². The van der Waals surface area contributed by atoms with Crippen LogP contribution in [0.3, 0.4) is 0 Å². The van der Waals surface area contributed by atoms with Crippen molar-refractivity contribution >= 4 is 27.2 Å². The fourth-order valence-electron chi connectivity index (χ4n) is 3.02. The molecule has 0 bridgehead atoms. The van der Waals surface area contributed by atoms with E-state index in [1.54, 1.807) is 0 Å². The molecule has 4 aromatic carbocycles. The van der Waals surface area contributed by atoms with E-state index in [0.29, 0.717) is 0 Å². The van der Waals surface area contributed by atoms with Crippen LogP contribution in [0.4, 0.5) is 5.69 Å². The van der Waals surface area contributed by atoms with E-state index in [0.717, 1.165) is 5.69 Å². The lowest BCUT2D eigenvalue weighted by Crippen LogP contribution is -1.88. The third-order valence-electron chi connectivity index (χ3n) is 3.95. The van der Waals surface area contributed by atoms with Gasteiger partial charge < -0.3 is 5.73 Å². The highest BCUT2D eigenvalue weighted by atomic mass is 14.5. The van der Waals surface area contributed by atoms with Gasteiger partial charge in [0, 0.05) is 5.69 Å². The molecule has 0 unspecified atom stereocenters. The summed E-state index contributed by atoms with van der Waals surface area (Å²) in [5.74, 6) is 0. The predicted octanol–water partition coefficient (Wildman–Crippen LogP) is 5.24. The van der Waals surface area contributed by atoms with Crippen LogP contribution < -0.4 is 5.73 Å². The van der Waals surface area contributed by atoms with Gasteiger partial charge in [0.1, 0.15) is 0 Å². The molecule has 0 fully saturated rings. The predicted molar refractivity (Wildman–Crippen MR) is 91.3 cm³/mol. The van der Waals surface area contributed by atoms with Crippen molar-refractivity contribution < 1.29 is 0 Å². The lowest BCUT2D eigenvalue weighted by atomic mass is 9.92. The SMILES string of the molecule is Nc1cccc(-c2c3ccccc3cc3ccccc23)c1. The number of nitrogen functional groups attached to an aromatic ring is 1. The Morgan fingerprint density at radius 2 is 1.19 bits per heavy atom. The van der Waals surface area contributed by atoms with Gasteiger partial charge in [0.25, 0.3) is 0 Å². The van der Waals surface area contributed by atoms with E-state index in [9.17, 15) is 0 Å². The van der Waals surface area contributed by atoms with Crippen LogP contribution in [-0.4, -0.2) is 0 Å². The second-order valence-corrected chi connectivity index (χ2v) is 5.32. The summed E-state index contributed by atoms with van der Waals surface area (Å²) in [6.07, 6.45) is 0. The molecule has 0 spiro atoms. The zero-order valence-electron chi connectivity index (χ0n) is 11.6. The fraction of sp³-hybridized carbons (Fsp3) is 0. The van der Waals surface area contributed by atoms with E-state index in [2.05, 4.69) is 60.7 Å². The average Bonchev–Trinajstić information content (AvgIpc) is 2.52. The third kappa shape index (κ3) is 1.95. The molecule has 0 aliphatic rings. The van der Waals surface area contributed by atoms with Crippen molar-refractivity contribution in [2.75, 3.05) is 5.73 Å². The molecule has 0 aromatic heterocycles. The number of fused-ring (bicyclic) bond motifs is 2. The number of hydrogen-bond acceptors (Lipinski definition) is 1. The topological polar surface area (TPSA) is 26.0 Å². The molecule has 1 heteroatoms. The summed E-state index contributed by atoms with van der Waals surface area (Å²) in [4.78, 5) is 0. The van der Waals surface area contributed by atoms with Crippen molar-refractivity contribution in [1.82, 2.24) is 0 Å². The molecule has 100 valence electrons. The quantitative estimate of drug-likeness (QED) is 0.371. The lowest BCUT2D eigenvalue weighted by molar-refractivity contribution is 1.66. The Morgan fingerprint density at radius 1 is 0.571 bits per heavy atom. The summed E-state index contributed by atoms with van der Waals surface area (Å²) in [5.41, 5.74) is 9.21. The van der Waals surface area contributed by atoms with Gasteiger partial charge in [-0.15, -0.1) is 0 Å². The van der Waals surface area contributed by atoms with Crippen LogP contribution in [0.5, 0.6) is 0 Å². The zero-order chi connectivity index (χ0) is 14.2. The molecule has 0 aliphatic carbocycles.